The largest absolute Gasteiger partial charge is 0.352 e. The van der Waals surface area contributed by atoms with Gasteiger partial charge in [-0.15, -0.1) is 0 Å². The van der Waals surface area contributed by atoms with Gasteiger partial charge in [0.05, 0.1) is 10.7 Å². The number of hydroxylamine groups is 1. The molecule has 0 aliphatic carbocycles. The molecule has 3 rings (SSSR count). The van der Waals surface area contributed by atoms with E-state index in [4.69, 9.17) is 11.6 Å². The second-order valence-electron chi connectivity index (χ2n) is 5.31. The van der Waals surface area contributed by atoms with Crippen molar-refractivity contribution in [1.82, 2.24) is 15.4 Å². The van der Waals surface area contributed by atoms with Crippen molar-refractivity contribution in [3.8, 4) is 0 Å². The molecule has 0 bridgehead atoms. The molecule has 8 heteroatoms. The molecule has 1 saturated heterocycles. The third-order valence-corrected chi connectivity index (χ3v) is 4.60. The third kappa shape index (κ3) is 3.98. The van der Waals surface area contributed by atoms with Gasteiger partial charge in [0.1, 0.15) is 5.82 Å². The number of aromatic nitrogens is 1. The van der Waals surface area contributed by atoms with Gasteiger partial charge in [0, 0.05) is 36.8 Å². The summed E-state index contributed by atoms with van der Waals surface area (Å²) in [4.78, 5) is 12.9. The predicted octanol–water partition coefficient (Wildman–Crippen LogP) is 3.29. The van der Waals surface area contributed by atoms with Crippen LogP contribution in [0.1, 0.15) is 0 Å². The molecule has 0 amide bonds. The lowest BCUT2D eigenvalue weighted by atomic mass is 10.3. The van der Waals surface area contributed by atoms with Gasteiger partial charge in [0.25, 0.3) is 0 Å². The minimum absolute atomic E-state index is 0.434. The zero-order chi connectivity index (χ0) is 16.9. The zero-order valence-corrected chi connectivity index (χ0v) is 15.2. The van der Waals surface area contributed by atoms with Crippen molar-refractivity contribution in [2.75, 3.05) is 31.1 Å². The molecular weight excluding hydrogens is 394 g/mol. The first-order valence-corrected chi connectivity index (χ1v) is 8.69. The molecule has 1 aromatic heterocycles. The summed E-state index contributed by atoms with van der Waals surface area (Å²) in [7, 11) is 0. The molecule has 0 saturated carbocycles. The standard InChI is InChI=1S/C16H17BrClN5O/c17-12-3-5-13(6-4-12)20-16(21-24)23-10-8-22(9-11-23)15-14(18)2-1-7-19-15/h1-7,24H,8-11H2,(H,20,21). The number of aliphatic imine (C=N–C) groups is 1. The first kappa shape index (κ1) is 17.0. The van der Waals surface area contributed by atoms with Crippen molar-refractivity contribution < 1.29 is 5.21 Å². The van der Waals surface area contributed by atoms with Gasteiger partial charge < -0.3 is 9.80 Å². The number of hydrogen-bond acceptors (Lipinski definition) is 4. The Kier molecular flexibility index (Phi) is 5.55. The summed E-state index contributed by atoms with van der Waals surface area (Å²) >= 11 is 9.60. The zero-order valence-electron chi connectivity index (χ0n) is 12.9. The maximum Gasteiger partial charge on any atom is 0.223 e. The topological polar surface area (TPSA) is 64.0 Å². The Morgan fingerprint density at radius 3 is 2.50 bits per heavy atom. The molecule has 24 heavy (non-hydrogen) atoms. The van der Waals surface area contributed by atoms with E-state index in [9.17, 15) is 5.21 Å². The van der Waals surface area contributed by atoms with E-state index in [1.54, 1.807) is 6.20 Å². The third-order valence-electron chi connectivity index (χ3n) is 3.78. The van der Waals surface area contributed by atoms with Crippen molar-refractivity contribution in [1.29, 1.82) is 0 Å². The Balaban J connectivity index is 1.68. The van der Waals surface area contributed by atoms with Gasteiger partial charge in [-0.2, -0.15) is 0 Å². The van der Waals surface area contributed by atoms with E-state index in [0.29, 0.717) is 24.1 Å². The lowest BCUT2D eigenvalue weighted by Crippen LogP contribution is -2.52. The highest BCUT2D eigenvalue weighted by Crippen LogP contribution is 2.23. The molecule has 0 spiro atoms. The number of rotatable bonds is 2. The molecule has 2 N–H and O–H groups in total. The van der Waals surface area contributed by atoms with Crippen molar-refractivity contribution >= 4 is 45.0 Å². The fraction of sp³-hybridized carbons (Fsp3) is 0.250. The van der Waals surface area contributed by atoms with Crippen molar-refractivity contribution in [2.45, 2.75) is 0 Å². The van der Waals surface area contributed by atoms with Crippen molar-refractivity contribution in [3.05, 3.63) is 52.1 Å². The van der Waals surface area contributed by atoms with Crippen molar-refractivity contribution in [2.24, 2.45) is 4.99 Å². The summed E-state index contributed by atoms with van der Waals surface area (Å²) in [5, 5.41) is 10.1. The predicted molar refractivity (Wildman–Crippen MR) is 99.2 cm³/mol. The van der Waals surface area contributed by atoms with E-state index in [1.165, 1.54) is 0 Å². The summed E-state index contributed by atoms with van der Waals surface area (Å²) in [6.07, 6.45) is 1.74. The molecule has 6 nitrogen and oxygen atoms in total. The Hall–Kier alpha value is -1.83. The first-order valence-electron chi connectivity index (χ1n) is 7.52. The van der Waals surface area contributed by atoms with Crippen LogP contribution < -0.4 is 10.4 Å². The molecule has 1 aliphatic heterocycles. The van der Waals surface area contributed by atoms with Gasteiger partial charge in [-0.1, -0.05) is 27.5 Å². The van der Waals surface area contributed by atoms with Crippen LogP contribution in [-0.2, 0) is 0 Å². The van der Waals surface area contributed by atoms with E-state index in [-0.39, 0.29) is 0 Å². The Morgan fingerprint density at radius 1 is 1.17 bits per heavy atom. The maximum absolute atomic E-state index is 9.44. The van der Waals surface area contributed by atoms with E-state index in [2.05, 4.69) is 36.3 Å². The fourth-order valence-corrected chi connectivity index (χ4v) is 3.05. The average molecular weight is 411 g/mol. The summed E-state index contributed by atoms with van der Waals surface area (Å²) in [5.74, 6) is 1.23. The summed E-state index contributed by atoms with van der Waals surface area (Å²) in [6.45, 7) is 2.90. The van der Waals surface area contributed by atoms with Crippen LogP contribution in [0.25, 0.3) is 0 Å². The number of hydrogen-bond donors (Lipinski definition) is 2. The van der Waals surface area contributed by atoms with Gasteiger partial charge in [0.2, 0.25) is 5.96 Å². The SMILES string of the molecule is ONC(=Nc1ccc(Br)cc1)N1CCN(c2ncccc2Cl)CC1. The van der Waals surface area contributed by atoms with Crippen LogP contribution in [0.5, 0.6) is 0 Å². The van der Waals surface area contributed by atoms with Crippen LogP contribution in [0, 0.1) is 0 Å². The lowest BCUT2D eigenvalue weighted by molar-refractivity contribution is 0.207. The molecule has 126 valence electrons. The minimum atomic E-state index is 0.434. The molecule has 1 fully saturated rings. The lowest BCUT2D eigenvalue weighted by Gasteiger charge is -2.36. The van der Waals surface area contributed by atoms with Crippen LogP contribution in [0.15, 0.2) is 52.1 Å². The molecule has 2 heterocycles. The van der Waals surface area contributed by atoms with Gasteiger partial charge in [-0.3, -0.25) is 5.21 Å². The molecule has 1 aromatic carbocycles. The number of pyridine rings is 1. The molecule has 0 atom stereocenters. The first-order chi connectivity index (χ1) is 11.7. The van der Waals surface area contributed by atoms with Gasteiger partial charge >= 0.3 is 0 Å². The number of benzene rings is 1. The normalized spacial score (nSPS) is 15.5. The molecule has 1 aliphatic rings. The summed E-state index contributed by atoms with van der Waals surface area (Å²) < 4.78 is 0.987. The Labute approximate surface area is 153 Å². The van der Waals surface area contributed by atoms with Crippen LogP contribution in [0.2, 0.25) is 5.02 Å². The molecule has 0 unspecified atom stereocenters. The van der Waals surface area contributed by atoms with Gasteiger partial charge in [-0.25, -0.2) is 15.5 Å². The quantitative estimate of drug-likeness (QED) is 0.452. The second-order valence-corrected chi connectivity index (χ2v) is 6.63. The highest BCUT2D eigenvalue weighted by atomic mass is 79.9. The number of nitrogens with zero attached hydrogens (tertiary/aromatic N) is 4. The molecule has 0 radical (unpaired) electrons. The summed E-state index contributed by atoms with van der Waals surface area (Å²) in [5.41, 5.74) is 2.97. The number of piperazine rings is 1. The molecule has 2 aromatic rings. The fourth-order valence-electron chi connectivity index (χ4n) is 2.54. The van der Waals surface area contributed by atoms with Gasteiger partial charge in [0.15, 0.2) is 0 Å². The average Bonchev–Trinajstić information content (AvgIpc) is 2.62. The van der Waals surface area contributed by atoms with Crippen LogP contribution in [0.4, 0.5) is 11.5 Å². The van der Waals surface area contributed by atoms with E-state index < -0.39 is 0 Å². The number of guanidine groups is 1. The Morgan fingerprint density at radius 2 is 1.88 bits per heavy atom. The molecular formula is C16H17BrClN5O. The smallest absolute Gasteiger partial charge is 0.223 e. The van der Waals surface area contributed by atoms with Crippen molar-refractivity contribution in [3.63, 3.8) is 0 Å². The second kappa shape index (κ2) is 7.83. The highest BCUT2D eigenvalue weighted by molar-refractivity contribution is 9.10. The van der Waals surface area contributed by atoms with Crippen LogP contribution >= 0.6 is 27.5 Å². The highest BCUT2D eigenvalue weighted by Gasteiger charge is 2.22. The monoisotopic (exact) mass is 409 g/mol. The number of halogens is 2. The van der Waals surface area contributed by atoms with E-state index >= 15 is 0 Å². The number of nitrogens with one attached hydrogen (secondary N) is 1. The van der Waals surface area contributed by atoms with Crippen LogP contribution in [0.3, 0.4) is 0 Å². The summed E-state index contributed by atoms with van der Waals surface area (Å²) in [6, 6.07) is 11.2. The Bertz CT molecular complexity index is 717. The number of anilines is 1. The van der Waals surface area contributed by atoms with Crippen LogP contribution in [-0.4, -0.2) is 47.2 Å². The minimum Gasteiger partial charge on any atom is -0.352 e. The maximum atomic E-state index is 9.44. The van der Waals surface area contributed by atoms with E-state index in [1.807, 2.05) is 41.3 Å². The van der Waals surface area contributed by atoms with E-state index in [0.717, 1.165) is 29.1 Å². The van der Waals surface area contributed by atoms with Gasteiger partial charge in [-0.05, 0) is 36.4 Å².